The van der Waals surface area contributed by atoms with Gasteiger partial charge in [-0.25, -0.2) is 0 Å². The third kappa shape index (κ3) is 2.78. The van der Waals surface area contributed by atoms with Crippen LogP contribution in [0.4, 0.5) is 0 Å². The Bertz CT molecular complexity index is 498. The van der Waals surface area contributed by atoms with Crippen LogP contribution in [-0.4, -0.2) is 73.8 Å². The molecule has 0 bridgehead atoms. The maximum atomic E-state index is 6.14. The van der Waals surface area contributed by atoms with E-state index in [0.29, 0.717) is 29.5 Å². The summed E-state index contributed by atoms with van der Waals surface area (Å²) in [5, 5.41) is 3.92. The summed E-state index contributed by atoms with van der Waals surface area (Å²) in [5.41, 5.74) is 0.398. The third-order valence-corrected chi connectivity index (χ3v) is 7.57. The van der Waals surface area contributed by atoms with E-state index in [1.165, 1.54) is 38.5 Å². The second-order valence-corrected chi connectivity index (χ2v) is 8.46. The highest BCUT2D eigenvalue weighted by Crippen LogP contribution is 2.60. The van der Waals surface area contributed by atoms with Gasteiger partial charge in [0.25, 0.3) is 0 Å². The summed E-state index contributed by atoms with van der Waals surface area (Å²) in [5.74, 6) is 1.84. The van der Waals surface area contributed by atoms with Gasteiger partial charge >= 0.3 is 0 Å². The van der Waals surface area contributed by atoms with Crippen LogP contribution in [0.25, 0.3) is 0 Å². The normalized spacial score (nSPS) is 37.0. The lowest BCUT2D eigenvalue weighted by Crippen LogP contribution is -2.69. The monoisotopic (exact) mass is 348 g/mol. The van der Waals surface area contributed by atoms with E-state index < -0.39 is 0 Å². The minimum atomic E-state index is 0.398. The first-order chi connectivity index (χ1) is 12.2. The molecule has 0 aromatic carbocycles. The second kappa shape index (κ2) is 7.07. The lowest BCUT2D eigenvalue weighted by Gasteiger charge is -2.57. The van der Waals surface area contributed by atoms with Crippen LogP contribution >= 0.6 is 0 Å². The lowest BCUT2D eigenvalue weighted by molar-refractivity contribution is -0.125. The Hall–Kier alpha value is -0.810. The smallest absolute Gasteiger partial charge is 0.193 e. The van der Waals surface area contributed by atoms with Crippen molar-refractivity contribution in [1.29, 1.82) is 0 Å². The first kappa shape index (κ1) is 17.6. The summed E-state index contributed by atoms with van der Waals surface area (Å²) >= 11 is 0. The van der Waals surface area contributed by atoms with Gasteiger partial charge in [-0.1, -0.05) is 26.7 Å². The Morgan fingerprint density at radius 2 is 2.00 bits per heavy atom. The predicted molar refractivity (Wildman–Crippen MR) is 102 cm³/mol. The van der Waals surface area contributed by atoms with E-state index in [2.05, 4.69) is 34.0 Å². The largest absolute Gasteiger partial charge is 0.377 e. The molecule has 142 valence electrons. The van der Waals surface area contributed by atoms with Crippen molar-refractivity contribution in [3.8, 4) is 0 Å². The Morgan fingerprint density at radius 1 is 1.24 bits per heavy atom. The highest BCUT2D eigenvalue weighted by Gasteiger charge is 2.65. The molecular weight excluding hydrogens is 312 g/mol. The number of hydrogen-bond acceptors (Lipinski definition) is 3. The Labute approximate surface area is 153 Å². The van der Waals surface area contributed by atoms with Crippen LogP contribution in [0.1, 0.15) is 52.4 Å². The zero-order valence-corrected chi connectivity index (χ0v) is 16.3. The van der Waals surface area contributed by atoms with Crippen molar-refractivity contribution < 1.29 is 4.74 Å². The van der Waals surface area contributed by atoms with Gasteiger partial charge in [0.15, 0.2) is 5.96 Å². The van der Waals surface area contributed by atoms with E-state index in [-0.39, 0.29) is 0 Å². The van der Waals surface area contributed by atoms with Crippen molar-refractivity contribution in [1.82, 2.24) is 15.1 Å². The van der Waals surface area contributed by atoms with Gasteiger partial charge in [0.1, 0.15) is 0 Å². The number of hydrogen-bond donors (Lipinski definition) is 1. The van der Waals surface area contributed by atoms with Gasteiger partial charge in [0, 0.05) is 50.2 Å². The minimum absolute atomic E-state index is 0.398. The number of likely N-dealkylation sites (tertiary alicyclic amines) is 1. The summed E-state index contributed by atoms with van der Waals surface area (Å²) in [6.07, 6.45) is 8.42. The number of nitrogens with zero attached hydrogens (tertiary/aromatic N) is 3. The predicted octanol–water partition coefficient (Wildman–Crippen LogP) is 2.33. The first-order valence-electron chi connectivity index (χ1n) is 10.6. The van der Waals surface area contributed by atoms with Gasteiger partial charge in [-0.3, -0.25) is 9.89 Å². The lowest BCUT2D eigenvalue weighted by atomic mass is 9.54. The summed E-state index contributed by atoms with van der Waals surface area (Å²) in [6.45, 7) is 10.1. The molecule has 4 aliphatic rings. The molecule has 2 aliphatic heterocycles. The van der Waals surface area contributed by atoms with Crippen LogP contribution in [0.3, 0.4) is 0 Å². The molecule has 4 unspecified atom stereocenters. The molecule has 1 spiro atoms. The molecular formula is C20H36N4O. The van der Waals surface area contributed by atoms with Crippen LogP contribution in [0.15, 0.2) is 4.99 Å². The summed E-state index contributed by atoms with van der Waals surface area (Å²) < 4.78 is 6.14. The number of fused-ring (bicyclic) bond motifs is 2. The molecule has 5 heteroatoms. The van der Waals surface area contributed by atoms with Crippen LogP contribution in [0, 0.1) is 11.3 Å². The van der Waals surface area contributed by atoms with E-state index in [0.717, 1.165) is 38.7 Å². The Balaban J connectivity index is 1.43. The molecule has 2 saturated carbocycles. The molecule has 5 nitrogen and oxygen atoms in total. The molecule has 2 aliphatic carbocycles. The molecule has 2 saturated heterocycles. The van der Waals surface area contributed by atoms with Crippen LogP contribution in [0.5, 0.6) is 0 Å². The fourth-order valence-electron chi connectivity index (χ4n) is 6.31. The van der Waals surface area contributed by atoms with Gasteiger partial charge < -0.3 is 15.0 Å². The molecule has 0 amide bonds. The average molecular weight is 349 g/mol. The molecule has 25 heavy (non-hydrogen) atoms. The van der Waals surface area contributed by atoms with Crippen LogP contribution < -0.4 is 5.32 Å². The molecule has 4 atom stereocenters. The van der Waals surface area contributed by atoms with E-state index in [1.807, 2.05) is 7.05 Å². The quantitative estimate of drug-likeness (QED) is 0.625. The first-order valence-corrected chi connectivity index (χ1v) is 10.6. The Kier molecular flexibility index (Phi) is 4.98. The van der Waals surface area contributed by atoms with Gasteiger partial charge in [-0.2, -0.15) is 0 Å². The topological polar surface area (TPSA) is 40.1 Å². The number of rotatable bonds is 4. The molecule has 0 aromatic heterocycles. The van der Waals surface area contributed by atoms with Crippen molar-refractivity contribution in [3.05, 3.63) is 0 Å². The molecule has 1 N–H and O–H groups in total. The van der Waals surface area contributed by atoms with E-state index >= 15 is 0 Å². The highest BCUT2D eigenvalue weighted by molar-refractivity contribution is 5.81. The second-order valence-electron chi connectivity index (χ2n) is 8.46. The molecule has 2 heterocycles. The van der Waals surface area contributed by atoms with E-state index in [9.17, 15) is 0 Å². The number of nitrogens with one attached hydrogen (secondary N) is 1. The number of ether oxygens (including phenoxy) is 1. The fraction of sp³-hybridized carbons (Fsp3) is 0.950. The standard InChI is InChI=1S/C20H36N4O/c1-4-23(5-2)15-8-12-24(14-15)19(21-3)22-17-16-9-13-25-18(16)20(17)10-6-7-11-20/h15-18H,4-14H2,1-3H3,(H,21,22). The summed E-state index contributed by atoms with van der Waals surface area (Å²) in [6, 6.07) is 1.26. The van der Waals surface area contributed by atoms with E-state index in [4.69, 9.17) is 4.74 Å². The van der Waals surface area contributed by atoms with Crippen molar-refractivity contribution in [2.45, 2.75) is 70.6 Å². The van der Waals surface area contributed by atoms with Gasteiger partial charge in [0.2, 0.25) is 0 Å². The minimum Gasteiger partial charge on any atom is -0.377 e. The van der Waals surface area contributed by atoms with Crippen molar-refractivity contribution in [3.63, 3.8) is 0 Å². The maximum absolute atomic E-state index is 6.14. The molecule has 4 rings (SSSR count). The van der Waals surface area contributed by atoms with Gasteiger partial charge in [-0.05, 0) is 38.8 Å². The molecule has 4 fully saturated rings. The Morgan fingerprint density at radius 3 is 2.68 bits per heavy atom. The van der Waals surface area contributed by atoms with Crippen LogP contribution in [0.2, 0.25) is 0 Å². The van der Waals surface area contributed by atoms with Crippen molar-refractivity contribution in [2.75, 3.05) is 39.8 Å². The van der Waals surface area contributed by atoms with Gasteiger partial charge in [-0.15, -0.1) is 0 Å². The van der Waals surface area contributed by atoms with Gasteiger partial charge in [0.05, 0.1) is 6.10 Å². The molecule has 0 aromatic rings. The zero-order chi connectivity index (χ0) is 17.4. The number of likely N-dealkylation sites (N-methyl/N-ethyl adjacent to an activating group) is 1. The number of aliphatic imine (C=N–C) groups is 1. The highest BCUT2D eigenvalue weighted by atomic mass is 16.5. The zero-order valence-electron chi connectivity index (χ0n) is 16.3. The average Bonchev–Trinajstić information content (AvgIpc) is 3.36. The van der Waals surface area contributed by atoms with E-state index in [1.54, 1.807) is 0 Å². The third-order valence-electron chi connectivity index (χ3n) is 7.57. The summed E-state index contributed by atoms with van der Waals surface area (Å²) in [7, 11) is 1.95. The SMILES string of the molecule is CCN(CC)C1CCN(C(=NC)NC2C3CCOC3C23CCCC3)C1. The summed E-state index contributed by atoms with van der Waals surface area (Å²) in [4.78, 5) is 9.77. The van der Waals surface area contributed by atoms with Crippen LogP contribution in [-0.2, 0) is 4.74 Å². The fourth-order valence-corrected chi connectivity index (χ4v) is 6.31. The number of guanidine groups is 1. The molecule has 0 radical (unpaired) electrons. The van der Waals surface area contributed by atoms with Crippen molar-refractivity contribution >= 4 is 5.96 Å². The van der Waals surface area contributed by atoms with Crippen molar-refractivity contribution in [2.24, 2.45) is 16.3 Å². The maximum Gasteiger partial charge on any atom is 0.193 e.